The standard InChI is InChI=1S/C12H20N4/c1-3-10-8-12(15-9(2)14-10)16-11-4-6-13-7-5-11/h8,11,13H,3-7H2,1-2H3,(H,14,15,16). The lowest BCUT2D eigenvalue weighted by atomic mass is 10.1. The van der Waals surface area contributed by atoms with Gasteiger partial charge in [0.1, 0.15) is 11.6 Å². The number of aryl methyl sites for hydroxylation is 2. The number of anilines is 1. The zero-order valence-corrected chi connectivity index (χ0v) is 10.1. The van der Waals surface area contributed by atoms with Crippen LogP contribution in [-0.2, 0) is 6.42 Å². The van der Waals surface area contributed by atoms with Crippen LogP contribution in [0.4, 0.5) is 5.82 Å². The van der Waals surface area contributed by atoms with E-state index in [2.05, 4.69) is 33.6 Å². The van der Waals surface area contributed by atoms with E-state index in [1.165, 1.54) is 12.8 Å². The van der Waals surface area contributed by atoms with E-state index in [0.717, 1.165) is 36.8 Å². The summed E-state index contributed by atoms with van der Waals surface area (Å²) in [6, 6.07) is 2.62. The Balaban J connectivity index is 2.04. The van der Waals surface area contributed by atoms with Crippen molar-refractivity contribution in [3.8, 4) is 0 Å². The Morgan fingerprint density at radius 1 is 1.38 bits per heavy atom. The fraction of sp³-hybridized carbons (Fsp3) is 0.667. The van der Waals surface area contributed by atoms with Crippen molar-refractivity contribution in [2.45, 2.75) is 39.2 Å². The molecule has 0 amide bonds. The second-order valence-electron chi connectivity index (χ2n) is 4.31. The Labute approximate surface area is 96.9 Å². The number of hydrogen-bond acceptors (Lipinski definition) is 4. The van der Waals surface area contributed by atoms with Crippen molar-refractivity contribution in [2.75, 3.05) is 18.4 Å². The normalized spacial score (nSPS) is 17.4. The van der Waals surface area contributed by atoms with Crippen LogP contribution >= 0.6 is 0 Å². The maximum atomic E-state index is 4.43. The van der Waals surface area contributed by atoms with Gasteiger partial charge in [-0.15, -0.1) is 0 Å². The molecule has 0 spiro atoms. The predicted octanol–water partition coefficient (Wildman–Crippen LogP) is 1.51. The highest BCUT2D eigenvalue weighted by Crippen LogP contribution is 2.12. The molecule has 0 unspecified atom stereocenters. The van der Waals surface area contributed by atoms with Crippen molar-refractivity contribution >= 4 is 5.82 Å². The van der Waals surface area contributed by atoms with E-state index < -0.39 is 0 Å². The van der Waals surface area contributed by atoms with Gasteiger partial charge in [0.2, 0.25) is 0 Å². The Kier molecular flexibility index (Phi) is 3.72. The third-order valence-corrected chi connectivity index (χ3v) is 2.94. The van der Waals surface area contributed by atoms with Gasteiger partial charge in [-0.05, 0) is 39.3 Å². The molecule has 1 aliphatic heterocycles. The highest BCUT2D eigenvalue weighted by Gasteiger charge is 2.13. The molecule has 0 aromatic carbocycles. The summed E-state index contributed by atoms with van der Waals surface area (Å²) in [6.07, 6.45) is 3.30. The molecule has 2 rings (SSSR count). The first-order valence-electron chi connectivity index (χ1n) is 6.09. The smallest absolute Gasteiger partial charge is 0.130 e. The van der Waals surface area contributed by atoms with Gasteiger partial charge in [0, 0.05) is 17.8 Å². The van der Waals surface area contributed by atoms with Gasteiger partial charge in [0.25, 0.3) is 0 Å². The summed E-state index contributed by atoms with van der Waals surface area (Å²) in [6.45, 7) is 6.27. The van der Waals surface area contributed by atoms with Crippen LogP contribution in [0.1, 0.15) is 31.3 Å². The molecule has 0 aliphatic carbocycles. The van der Waals surface area contributed by atoms with E-state index in [1.807, 2.05) is 6.92 Å². The van der Waals surface area contributed by atoms with E-state index >= 15 is 0 Å². The SMILES string of the molecule is CCc1cc(NC2CCNCC2)nc(C)n1. The molecule has 2 N–H and O–H groups in total. The Morgan fingerprint density at radius 3 is 2.81 bits per heavy atom. The van der Waals surface area contributed by atoms with Crippen molar-refractivity contribution in [2.24, 2.45) is 0 Å². The number of nitrogens with zero attached hydrogens (tertiary/aromatic N) is 2. The number of hydrogen-bond donors (Lipinski definition) is 2. The Morgan fingerprint density at radius 2 is 2.12 bits per heavy atom. The molecule has 0 atom stereocenters. The second-order valence-corrected chi connectivity index (χ2v) is 4.31. The number of piperidine rings is 1. The Hall–Kier alpha value is -1.16. The van der Waals surface area contributed by atoms with Gasteiger partial charge in [0.05, 0.1) is 0 Å². The first kappa shape index (κ1) is 11.3. The molecule has 1 aliphatic rings. The summed E-state index contributed by atoms with van der Waals surface area (Å²) in [7, 11) is 0. The molecule has 4 nitrogen and oxygen atoms in total. The molecule has 4 heteroatoms. The average Bonchev–Trinajstić information content (AvgIpc) is 2.29. The van der Waals surface area contributed by atoms with Gasteiger partial charge >= 0.3 is 0 Å². The number of rotatable bonds is 3. The van der Waals surface area contributed by atoms with Crippen molar-refractivity contribution in [3.05, 3.63) is 17.6 Å². The molecule has 1 aromatic rings. The maximum absolute atomic E-state index is 4.43. The summed E-state index contributed by atoms with van der Waals surface area (Å²) < 4.78 is 0. The Bertz CT molecular complexity index is 345. The number of nitrogens with one attached hydrogen (secondary N) is 2. The third kappa shape index (κ3) is 2.92. The quantitative estimate of drug-likeness (QED) is 0.810. The fourth-order valence-electron chi connectivity index (χ4n) is 2.06. The largest absolute Gasteiger partial charge is 0.367 e. The molecule has 16 heavy (non-hydrogen) atoms. The van der Waals surface area contributed by atoms with Crippen LogP contribution in [0.2, 0.25) is 0 Å². The monoisotopic (exact) mass is 220 g/mol. The fourth-order valence-corrected chi connectivity index (χ4v) is 2.06. The van der Waals surface area contributed by atoms with Crippen LogP contribution in [0.25, 0.3) is 0 Å². The van der Waals surface area contributed by atoms with Gasteiger partial charge in [0.15, 0.2) is 0 Å². The van der Waals surface area contributed by atoms with Gasteiger partial charge in [-0.1, -0.05) is 6.92 Å². The molecule has 88 valence electrons. The molecular weight excluding hydrogens is 200 g/mol. The molecule has 2 heterocycles. The van der Waals surface area contributed by atoms with Crippen LogP contribution in [0.3, 0.4) is 0 Å². The molecule has 1 fully saturated rings. The van der Waals surface area contributed by atoms with E-state index in [0.29, 0.717) is 6.04 Å². The highest BCUT2D eigenvalue weighted by molar-refractivity contribution is 5.37. The number of aromatic nitrogens is 2. The first-order valence-corrected chi connectivity index (χ1v) is 6.09. The van der Waals surface area contributed by atoms with Crippen LogP contribution in [0, 0.1) is 6.92 Å². The van der Waals surface area contributed by atoms with Crippen LogP contribution in [0.5, 0.6) is 0 Å². The summed E-state index contributed by atoms with van der Waals surface area (Å²) in [4.78, 5) is 8.82. The molecule has 0 radical (unpaired) electrons. The van der Waals surface area contributed by atoms with E-state index in [1.54, 1.807) is 0 Å². The zero-order valence-electron chi connectivity index (χ0n) is 10.1. The van der Waals surface area contributed by atoms with Crippen molar-refractivity contribution < 1.29 is 0 Å². The predicted molar refractivity (Wildman–Crippen MR) is 65.7 cm³/mol. The summed E-state index contributed by atoms with van der Waals surface area (Å²) >= 11 is 0. The molecule has 0 bridgehead atoms. The molecule has 0 saturated carbocycles. The third-order valence-electron chi connectivity index (χ3n) is 2.94. The van der Waals surface area contributed by atoms with Gasteiger partial charge in [-0.3, -0.25) is 0 Å². The minimum atomic E-state index is 0.556. The summed E-state index contributed by atoms with van der Waals surface area (Å²) in [5.74, 6) is 1.84. The summed E-state index contributed by atoms with van der Waals surface area (Å²) in [5, 5.41) is 6.87. The molecular formula is C12H20N4. The lowest BCUT2D eigenvalue weighted by Crippen LogP contribution is -2.35. The lowest BCUT2D eigenvalue weighted by Gasteiger charge is -2.24. The van der Waals surface area contributed by atoms with Gasteiger partial charge in [-0.25, -0.2) is 9.97 Å². The van der Waals surface area contributed by atoms with E-state index in [4.69, 9.17) is 0 Å². The molecule has 1 aromatic heterocycles. The van der Waals surface area contributed by atoms with Crippen molar-refractivity contribution in [3.63, 3.8) is 0 Å². The van der Waals surface area contributed by atoms with Crippen LogP contribution in [-0.4, -0.2) is 29.1 Å². The van der Waals surface area contributed by atoms with Crippen molar-refractivity contribution in [1.29, 1.82) is 0 Å². The first-order chi connectivity index (χ1) is 7.78. The van der Waals surface area contributed by atoms with E-state index in [-0.39, 0.29) is 0 Å². The average molecular weight is 220 g/mol. The minimum Gasteiger partial charge on any atom is -0.367 e. The zero-order chi connectivity index (χ0) is 11.4. The molecule has 1 saturated heterocycles. The highest BCUT2D eigenvalue weighted by atomic mass is 15.1. The van der Waals surface area contributed by atoms with Gasteiger partial charge < -0.3 is 10.6 Å². The van der Waals surface area contributed by atoms with Gasteiger partial charge in [-0.2, -0.15) is 0 Å². The van der Waals surface area contributed by atoms with E-state index in [9.17, 15) is 0 Å². The van der Waals surface area contributed by atoms with Crippen LogP contribution in [0.15, 0.2) is 6.07 Å². The topological polar surface area (TPSA) is 49.8 Å². The lowest BCUT2D eigenvalue weighted by molar-refractivity contribution is 0.478. The maximum Gasteiger partial charge on any atom is 0.130 e. The minimum absolute atomic E-state index is 0.556. The second kappa shape index (κ2) is 5.25. The van der Waals surface area contributed by atoms with Crippen molar-refractivity contribution in [1.82, 2.24) is 15.3 Å². The summed E-state index contributed by atoms with van der Waals surface area (Å²) in [5.41, 5.74) is 1.11. The van der Waals surface area contributed by atoms with Crippen LogP contribution < -0.4 is 10.6 Å².